The van der Waals surface area contributed by atoms with Crippen molar-refractivity contribution in [3.63, 3.8) is 0 Å². The Labute approximate surface area is 121 Å². The van der Waals surface area contributed by atoms with Gasteiger partial charge in [-0.25, -0.2) is 4.79 Å². The van der Waals surface area contributed by atoms with Crippen LogP contribution in [0.2, 0.25) is 0 Å². The van der Waals surface area contributed by atoms with Gasteiger partial charge in [0.25, 0.3) is 5.69 Å². The Morgan fingerprint density at radius 3 is 2.80 bits per heavy atom. The Balaban J connectivity index is 2.25. The van der Waals surface area contributed by atoms with E-state index in [4.69, 9.17) is 0 Å². The van der Waals surface area contributed by atoms with Crippen molar-refractivity contribution >= 4 is 23.4 Å². The van der Waals surface area contributed by atoms with Crippen molar-refractivity contribution in [2.75, 3.05) is 0 Å². The summed E-state index contributed by atoms with van der Waals surface area (Å²) in [6, 6.07) is 3.96. The van der Waals surface area contributed by atoms with Gasteiger partial charge in [-0.05, 0) is 24.8 Å². The Morgan fingerprint density at radius 1 is 1.45 bits per heavy atom. The number of aromatic carboxylic acids is 1. The normalized spacial score (nSPS) is 22.4. The van der Waals surface area contributed by atoms with Gasteiger partial charge in [0.05, 0.1) is 10.5 Å². The lowest BCUT2D eigenvalue weighted by atomic mass is 9.91. The minimum absolute atomic E-state index is 0.0543. The fourth-order valence-corrected chi connectivity index (χ4v) is 4.10. The molecule has 1 aromatic carbocycles. The van der Waals surface area contributed by atoms with E-state index in [1.807, 2.05) is 0 Å². The average molecular weight is 295 g/mol. The van der Waals surface area contributed by atoms with Gasteiger partial charge in [0.2, 0.25) is 0 Å². The van der Waals surface area contributed by atoms with Gasteiger partial charge in [-0.3, -0.25) is 10.1 Å². The Hall–Kier alpha value is -1.56. The van der Waals surface area contributed by atoms with Gasteiger partial charge >= 0.3 is 5.97 Å². The molecule has 1 saturated carbocycles. The fraction of sp³-hybridized carbons (Fsp3) is 0.500. The Kier molecular flexibility index (Phi) is 4.65. The van der Waals surface area contributed by atoms with Crippen LogP contribution in [-0.2, 0) is 0 Å². The fourth-order valence-electron chi connectivity index (χ4n) is 2.56. The summed E-state index contributed by atoms with van der Waals surface area (Å²) in [5.74, 6) is -0.403. The van der Waals surface area contributed by atoms with E-state index in [9.17, 15) is 20.0 Å². The monoisotopic (exact) mass is 295 g/mol. The van der Waals surface area contributed by atoms with Crippen molar-refractivity contribution in [2.24, 2.45) is 5.92 Å². The molecule has 0 heterocycles. The third-order valence-electron chi connectivity index (χ3n) is 3.59. The molecule has 0 saturated heterocycles. The molecule has 0 spiro atoms. The number of hydrogen-bond acceptors (Lipinski definition) is 4. The molecular weight excluding hydrogens is 278 g/mol. The van der Waals surface area contributed by atoms with Crippen LogP contribution in [0.25, 0.3) is 0 Å². The molecule has 0 bridgehead atoms. The average Bonchev–Trinajstić information content (AvgIpc) is 2.38. The molecule has 6 heteroatoms. The van der Waals surface area contributed by atoms with E-state index in [2.05, 4.69) is 6.92 Å². The van der Waals surface area contributed by atoms with Crippen LogP contribution in [-0.4, -0.2) is 21.2 Å². The van der Waals surface area contributed by atoms with Crippen LogP contribution in [0, 0.1) is 16.0 Å². The first-order valence-corrected chi connectivity index (χ1v) is 7.53. The molecule has 5 nitrogen and oxygen atoms in total. The minimum Gasteiger partial charge on any atom is -0.478 e. The number of carbonyl (C=O) groups is 1. The second-order valence-electron chi connectivity index (χ2n) is 5.25. The van der Waals surface area contributed by atoms with Crippen LogP contribution in [0.1, 0.15) is 43.0 Å². The van der Waals surface area contributed by atoms with Gasteiger partial charge in [-0.15, -0.1) is 11.8 Å². The molecule has 0 aromatic heterocycles. The lowest BCUT2D eigenvalue weighted by Gasteiger charge is -2.26. The number of nitrogens with zero attached hydrogens (tertiary/aromatic N) is 1. The van der Waals surface area contributed by atoms with Crippen LogP contribution in [0.5, 0.6) is 0 Å². The quantitative estimate of drug-likeness (QED) is 0.671. The van der Waals surface area contributed by atoms with Crippen molar-refractivity contribution in [3.05, 3.63) is 33.9 Å². The van der Waals surface area contributed by atoms with Crippen LogP contribution >= 0.6 is 11.8 Å². The van der Waals surface area contributed by atoms with Crippen molar-refractivity contribution < 1.29 is 14.8 Å². The van der Waals surface area contributed by atoms with Crippen LogP contribution in [0.15, 0.2) is 23.1 Å². The second kappa shape index (κ2) is 6.26. The third-order valence-corrected chi connectivity index (χ3v) is 4.94. The molecular formula is C14H17NO4S. The molecule has 1 aromatic rings. The van der Waals surface area contributed by atoms with E-state index in [0.717, 1.165) is 19.3 Å². The van der Waals surface area contributed by atoms with Gasteiger partial charge in [-0.1, -0.05) is 19.8 Å². The molecule has 108 valence electrons. The van der Waals surface area contributed by atoms with Gasteiger partial charge in [-0.2, -0.15) is 0 Å². The first kappa shape index (κ1) is 14.8. The maximum atomic E-state index is 11.2. The Morgan fingerprint density at radius 2 is 2.20 bits per heavy atom. The number of carboxylic acids is 1. The first-order valence-electron chi connectivity index (χ1n) is 6.65. The number of nitro groups is 1. The summed E-state index contributed by atoms with van der Waals surface area (Å²) >= 11 is 1.47. The highest BCUT2D eigenvalue weighted by Gasteiger charge is 2.23. The van der Waals surface area contributed by atoms with Crippen molar-refractivity contribution in [3.8, 4) is 0 Å². The molecule has 0 amide bonds. The van der Waals surface area contributed by atoms with Crippen molar-refractivity contribution in [1.82, 2.24) is 0 Å². The number of thioether (sulfide) groups is 1. The van der Waals surface area contributed by atoms with Crippen LogP contribution in [0.3, 0.4) is 0 Å². The van der Waals surface area contributed by atoms with E-state index < -0.39 is 10.9 Å². The van der Waals surface area contributed by atoms with Gasteiger partial charge in [0.1, 0.15) is 0 Å². The SMILES string of the molecule is CC1CCCC(Sc2cc([N+](=O)[O-])ccc2C(=O)O)C1. The topological polar surface area (TPSA) is 80.4 Å². The maximum Gasteiger partial charge on any atom is 0.336 e. The van der Waals surface area contributed by atoms with E-state index in [-0.39, 0.29) is 11.3 Å². The van der Waals surface area contributed by atoms with E-state index in [1.165, 1.54) is 36.4 Å². The number of nitro benzene ring substituents is 1. The van der Waals surface area contributed by atoms with Crippen molar-refractivity contribution in [2.45, 2.75) is 42.8 Å². The summed E-state index contributed by atoms with van der Waals surface area (Å²) in [4.78, 5) is 22.1. The largest absolute Gasteiger partial charge is 0.478 e. The molecule has 1 aliphatic carbocycles. The van der Waals surface area contributed by atoms with Crippen LogP contribution < -0.4 is 0 Å². The van der Waals surface area contributed by atoms with Crippen molar-refractivity contribution in [1.29, 1.82) is 0 Å². The predicted octanol–water partition coefficient (Wildman–Crippen LogP) is 3.96. The molecule has 1 aliphatic rings. The molecule has 1 fully saturated rings. The highest BCUT2D eigenvalue weighted by molar-refractivity contribution is 8.00. The highest BCUT2D eigenvalue weighted by atomic mass is 32.2. The predicted molar refractivity (Wildman–Crippen MR) is 77.3 cm³/mol. The standard InChI is InChI=1S/C14H17NO4S/c1-9-3-2-4-11(7-9)20-13-8-10(15(18)19)5-6-12(13)14(16)17/h5-6,8-9,11H,2-4,7H2,1H3,(H,16,17). The number of rotatable bonds is 4. The summed E-state index contributed by atoms with van der Waals surface area (Å²) < 4.78 is 0. The zero-order valence-electron chi connectivity index (χ0n) is 11.2. The zero-order chi connectivity index (χ0) is 14.7. The molecule has 0 aliphatic heterocycles. The number of benzene rings is 1. The number of non-ortho nitro benzene ring substituents is 1. The molecule has 2 unspecified atom stereocenters. The number of hydrogen-bond donors (Lipinski definition) is 1. The molecule has 1 N–H and O–H groups in total. The summed E-state index contributed by atoms with van der Waals surface area (Å²) in [7, 11) is 0. The summed E-state index contributed by atoms with van der Waals surface area (Å²) in [6.07, 6.45) is 4.41. The lowest BCUT2D eigenvalue weighted by molar-refractivity contribution is -0.385. The lowest BCUT2D eigenvalue weighted by Crippen LogP contribution is -2.15. The number of carboxylic acid groups (broad SMARTS) is 1. The molecule has 2 atom stereocenters. The van der Waals surface area contributed by atoms with E-state index in [0.29, 0.717) is 16.1 Å². The Bertz CT molecular complexity index is 532. The smallest absolute Gasteiger partial charge is 0.336 e. The minimum atomic E-state index is -1.04. The highest BCUT2D eigenvalue weighted by Crippen LogP contribution is 2.38. The van der Waals surface area contributed by atoms with E-state index in [1.54, 1.807) is 0 Å². The first-order chi connectivity index (χ1) is 9.47. The summed E-state index contributed by atoms with van der Waals surface area (Å²) in [5, 5.41) is 20.4. The summed E-state index contributed by atoms with van der Waals surface area (Å²) in [6.45, 7) is 2.19. The van der Waals surface area contributed by atoms with Gasteiger partial charge < -0.3 is 5.11 Å². The third kappa shape index (κ3) is 3.50. The maximum absolute atomic E-state index is 11.2. The van der Waals surface area contributed by atoms with Gasteiger partial charge in [0.15, 0.2) is 0 Å². The summed E-state index contributed by atoms with van der Waals surface area (Å²) in [5.41, 5.74) is 0.0974. The van der Waals surface area contributed by atoms with Crippen LogP contribution in [0.4, 0.5) is 5.69 Å². The molecule has 2 rings (SSSR count). The van der Waals surface area contributed by atoms with Gasteiger partial charge in [0, 0.05) is 22.3 Å². The second-order valence-corrected chi connectivity index (χ2v) is 6.60. The molecule has 20 heavy (non-hydrogen) atoms. The molecule has 0 radical (unpaired) electrons. The zero-order valence-corrected chi connectivity index (χ0v) is 12.1. The van der Waals surface area contributed by atoms with E-state index >= 15 is 0 Å².